The van der Waals surface area contributed by atoms with Crippen LogP contribution in [-0.2, 0) is 14.3 Å². The second-order valence-electron chi connectivity index (χ2n) is 7.38. The van der Waals surface area contributed by atoms with E-state index in [2.05, 4.69) is 0 Å². The molecule has 1 aliphatic heterocycles. The van der Waals surface area contributed by atoms with Gasteiger partial charge in [-0.05, 0) is 62.9 Å². The number of hydrogen-bond donors (Lipinski definition) is 0. The molecule has 0 radical (unpaired) electrons. The zero-order valence-electron chi connectivity index (χ0n) is 16.0. The number of nitrogens with zero attached hydrogens (tertiary/aromatic N) is 1. The topological polar surface area (TPSA) is 55.8 Å². The summed E-state index contributed by atoms with van der Waals surface area (Å²) < 4.78 is 10.3. The third-order valence-electron chi connectivity index (χ3n) is 4.24. The molecule has 0 saturated carbocycles. The highest BCUT2D eigenvalue weighted by Gasteiger charge is 2.26. The number of benzene rings is 1. The number of ether oxygens (including phenoxy) is 2. The van der Waals surface area contributed by atoms with Crippen LogP contribution in [0.2, 0.25) is 5.02 Å². The first-order valence-electron chi connectivity index (χ1n) is 8.67. The number of hydrogen-bond acceptors (Lipinski definition) is 4. The van der Waals surface area contributed by atoms with Gasteiger partial charge in [0.1, 0.15) is 5.60 Å². The maximum Gasteiger partial charge on any atom is 0.410 e. The molecule has 6 heteroatoms. The van der Waals surface area contributed by atoms with E-state index in [1.165, 1.54) is 7.11 Å². The summed E-state index contributed by atoms with van der Waals surface area (Å²) >= 11 is 6.13. The number of methoxy groups -OCH3 is 1. The Morgan fingerprint density at radius 2 is 1.96 bits per heavy atom. The average Bonchev–Trinajstić information content (AvgIpc) is 2.59. The molecule has 1 aromatic rings. The van der Waals surface area contributed by atoms with E-state index < -0.39 is 11.5 Å². The van der Waals surface area contributed by atoms with Crippen LogP contribution in [0.15, 0.2) is 24.3 Å². The molecule has 1 aromatic carbocycles. The van der Waals surface area contributed by atoms with Gasteiger partial charge in [-0.2, -0.15) is 0 Å². The van der Waals surface area contributed by atoms with E-state index in [4.69, 9.17) is 21.1 Å². The van der Waals surface area contributed by atoms with Gasteiger partial charge in [-0.3, -0.25) is 4.79 Å². The van der Waals surface area contributed by atoms with E-state index in [-0.39, 0.29) is 12.1 Å². The van der Waals surface area contributed by atoms with E-state index in [1.807, 2.05) is 39.0 Å². The second kappa shape index (κ2) is 8.12. The molecule has 1 unspecified atom stereocenters. The lowest BCUT2D eigenvalue weighted by Gasteiger charge is -2.30. The Kier molecular flexibility index (Phi) is 6.34. The van der Waals surface area contributed by atoms with Gasteiger partial charge in [0.15, 0.2) is 0 Å². The molecule has 1 amide bonds. The zero-order chi connectivity index (χ0) is 19.5. The molecule has 0 spiro atoms. The van der Waals surface area contributed by atoms with Crippen LogP contribution in [0.3, 0.4) is 0 Å². The fraction of sp³-hybridized carbons (Fsp3) is 0.500. The van der Waals surface area contributed by atoms with Crippen molar-refractivity contribution in [3.8, 4) is 0 Å². The molecule has 0 aliphatic carbocycles. The van der Waals surface area contributed by atoms with E-state index in [9.17, 15) is 9.59 Å². The Morgan fingerprint density at radius 3 is 2.50 bits per heavy atom. The van der Waals surface area contributed by atoms with Crippen molar-refractivity contribution >= 4 is 29.2 Å². The first kappa shape index (κ1) is 20.3. The van der Waals surface area contributed by atoms with Crippen LogP contribution < -0.4 is 0 Å². The lowest BCUT2D eigenvalue weighted by atomic mass is 9.89. The third kappa shape index (κ3) is 5.01. The van der Waals surface area contributed by atoms with Crippen molar-refractivity contribution in [2.45, 2.75) is 45.6 Å². The molecule has 0 saturated heterocycles. The van der Waals surface area contributed by atoms with Gasteiger partial charge in [-0.1, -0.05) is 23.7 Å². The van der Waals surface area contributed by atoms with Crippen molar-refractivity contribution < 1.29 is 19.1 Å². The minimum Gasteiger partial charge on any atom is -0.469 e. The van der Waals surface area contributed by atoms with Crippen LogP contribution in [-0.4, -0.2) is 42.8 Å². The van der Waals surface area contributed by atoms with Crippen LogP contribution in [0.4, 0.5) is 4.79 Å². The third-order valence-corrected chi connectivity index (χ3v) is 4.48. The standard InChI is InChI=1S/C20H26ClNO4/c1-13(18(23)25-5)17-12-15(21)6-7-16(17)14-8-10-22(11-9-14)19(24)26-20(2,3)4/h6-8,12-13H,9-11H2,1-5H3. The highest BCUT2D eigenvalue weighted by Crippen LogP contribution is 2.32. The summed E-state index contributed by atoms with van der Waals surface area (Å²) in [5, 5.41) is 0.575. The Bertz CT molecular complexity index is 721. The SMILES string of the molecule is COC(=O)C(C)c1cc(Cl)ccc1C1=CCN(C(=O)OC(C)(C)C)CC1. The number of amides is 1. The van der Waals surface area contributed by atoms with Gasteiger partial charge in [-0.15, -0.1) is 0 Å². The van der Waals surface area contributed by atoms with Crippen LogP contribution in [0, 0.1) is 0 Å². The van der Waals surface area contributed by atoms with Crippen molar-refractivity contribution in [3.63, 3.8) is 0 Å². The smallest absolute Gasteiger partial charge is 0.410 e. The Morgan fingerprint density at radius 1 is 1.27 bits per heavy atom. The van der Waals surface area contributed by atoms with Crippen molar-refractivity contribution in [1.82, 2.24) is 4.90 Å². The quantitative estimate of drug-likeness (QED) is 0.718. The lowest BCUT2D eigenvalue weighted by molar-refractivity contribution is -0.142. The highest BCUT2D eigenvalue weighted by atomic mass is 35.5. The first-order valence-corrected chi connectivity index (χ1v) is 9.05. The summed E-state index contributed by atoms with van der Waals surface area (Å²) in [5.41, 5.74) is 2.38. The number of esters is 1. The molecular formula is C20H26ClNO4. The number of carbonyl (C=O) groups is 2. The molecule has 0 N–H and O–H groups in total. The Labute approximate surface area is 159 Å². The van der Waals surface area contributed by atoms with Crippen LogP contribution in [0.1, 0.15) is 51.2 Å². The molecular weight excluding hydrogens is 354 g/mol. The van der Waals surface area contributed by atoms with Gasteiger partial charge in [0, 0.05) is 18.1 Å². The molecule has 1 atom stereocenters. The van der Waals surface area contributed by atoms with Crippen LogP contribution in [0.25, 0.3) is 5.57 Å². The molecule has 2 rings (SSSR count). The van der Waals surface area contributed by atoms with Gasteiger partial charge in [0.2, 0.25) is 0 Å². The number of halogens is 1. The molecule has 5 nitrogen and oxygen atoms in total. The normalized spacial score (nSPS) is 15.9. The van der Waals surface area contributed by atoms with Crippen LogP contribution >= 0.6 is 11.6 Å². The Hall–Kier alpha value is -2.01. The predicted octanol–water partition coefficient (Wildman–Crippen LogP) is 4.64. The fourth-order valence-electron chi connectivity index (χ4n) is 2.89. The van der Waals surface area contributed by atoms with Gasteiger partial charge in [0.05, 0.1) is 13.0 Å². The van der Waals surface area contributed by atoms with E-state index in [1.54, 1.807) is 17.9 Å². The molecule has 0 fully saturated rings. The summed E-state index contributed by atoms with van der Waals surface area (Å²) in [6.07, 6.45) is 2.37. The van der Waals surface area contributed by atoms with Gasteiger partial charge in [0.25, 0.3) is 0 Å². The minimum atomic E-state index is -0.514. The molecule has 142 valence electrons. The van der Waals surface area contributed by atoms with E-state index in [0.717, 1.165) is 16.7 Å². The fourth-order valence-corrected chi connectivity index (χ4v) is 3.07. The number of rotatable bonds is 3. The largest absolute Gasteiger partial charge is 0.469 e. The second-order valence-corrected chi connectivity index (χ2v) is 7.82. The summed E-state index contributed by atoms with van der Waals surface area (Å²) in [6, 6.07) is 5.54. The van der Waals surface area contributed by atoms with Crippen molar-refractivity contribution in [2.24, 2.45) is 0 Å². The summed E-state index contributed by atoms with van der Waals surface area (Å²) in [5.74, 6) is -0.723. The minimum absolute atomic E-state index is 0.305. The first-order chi connectivity index (χ1) is 12.1. The van der Waals surface area contributed by atoms with E-state index in [0.29, 0.717) is 24.5 Å². The summed E-state index contributed by atoms with van der Waals surface area (Å²) in [4.78, 5) is 25.9. The predicted molar refractivity (Wildman–Crippen MR) is 102 cm³/mol. The highest BCUT2D eigenvalue weighted by molar-refractivity contribution is 6.30. The molecule has 1 aliphatic rings. The maximum atomic E-state index is 12.2. The Balaban J connectivity index is 2.23. The van der Waals surface area contributed by atoms with Gasteiger partial charge < -0.3 is 14.4 Å². The maximum absolute atomic E-state index is 12.2. The lowest BCUT2D eigenvalue weighted by Crippen LogP contribution is -2.39. The van der Waals surface area contributed by atoms with E-state index >= 15 is 0 Å². The molecule has 26 heavy (non-hydrogen) atoms. The monoisotopic (exact) mass is 379 g/mol. The molecule has 0 bridgehead atoms. The zero-order valence-corrected chi connectivity index (χ0v) is 16.7. The molecule has 1 heterocycles. The van der Waals surface area contributed by atoms with Gasteiger partial charge in [-0.25, -0.2) is 4.79 Å². The summed E-state index contributed by atoms with van der Waals surface area (Å²) in [7, 11) is 1.38. The average molecular weight is 380 g/mol. The van der Waals surface area contributed by atoms with Crippen molar-refractivity contribution in [3.05, 3.63) is 40.4 Å². The number of carbonyl (C=O) groups excluding carboxylic acids is 2. The molecule has 0 aromatic heterocycles. The summed E-state index contributed by atoms with van der Waals surface area (Å²) in [6.45, 7) is 8.39. The van der Waals surface area contributed by atoms with Crippen molar-refractivity contribution in [1.29, 1.82) is 0 Å². The van der Waals surface area contributed by atoms with Gasteiger partial charge >= 0.3 is 12.1 Å². The van der Waals surface area contributed by atoms with Crippen molar-refractivity contribution in [2.75, 3.05) is 20.2 Å². The van der Waals surface area contributed by atoms with Crippen LogP contribution in [0.5, 0.6) is 0 Å².